The predicted octanol–water partition coefficient (Wildman–Crippen LogP) is 4.13. The van der Waals surface area contributed by atoms with Crippen molar-refractivity contribution in [2.45, 2.75) is 56.7 Å². The van der Waals surface area contributed by atoms with Gasteiger partial charge in [0.25, 0.3) is 5.92 Å². The maximum absolute atomic E-state index is 15.2. The lowest BCUT2D eigenvalue weighted by molar-refractivity contribution is -0.140. The molecule has 2 saturated heterocycles. The molecule has 8 nitrogen and oxygen atoms in total. The van der Waals surface area contributed by atoms with E-state index in [0.717, 1.165) is 0 Å². The van der Waals surface area contributed by atoms with E-state index < -0.39 is 48.2 Å². The number of carboxylic acids is 1. The molecule has 2 aromatic rings. The summed E-state index contributed by atoms with van der Waals surface area (Å²) in [7, 11) is 0. The lowest BCUT2D eigenvalue weighted by Crippen LogP contribution is -2.50. The van der Waals surface area contributed by atoms with E-state index in [1.165, 1.54) is 29.5 Å². The van der Waals surface area contributed by atoms with Crippen LogP contribution in [0.25, 0.3) is 0 Å². The van der Waals surface area contributed by atoms with Gasteiger partial charge in [-0.05, 0) is 43.4 Å². The number of hydrogen-bond donors (Lipinski definition) is 2. The lowest BCUT2D eigenvalue weighted by atomic mass is 9.87. The Balaban J connectivity index is 1.60. The van der Waals surface area contributed by atoms with Crippen LogP contribution in [0.15, 0.2) is 46.0 Å². The number of carboxylic acid groups (broad SMARTS) is 1. The molecule has 0 spiro atoms. The Kier molecular flexibility index (Phi) is 7.70. The molecule has 0 radical (unpaired) electrons. The van der Waals surface area contributed by atoms with Crippen LogP contribution in [0.2, 0.25) is 0 Å². The van der Waals surface area contributed by atoms with Crippen molar-refractivity contribution in [1.29, 1.82) is 0 Å². The number of carbonyl (C=O) groups is 2. The van der Waals surface area contributed by atoms with E-state index in [1.807, 2.05) is 0 Å². The number of nitrogens with zero attached hydrogens (tertiary/aromatic N) is 3. The molecule has 0 saturated carbocycles. The molecule has 2 N–H and O–H groups in total. The summed E-state index contributed by atoms with van der Waals surface area (Å²) in [5.74, 6) is -2.90. The van der Waals surface area contributed by atoms with Crippen molar-refractivity contribution in [3.8, 4) is 12.3 Å². The number of terminal acetylenes is 1. The number of nitrogens with one attached hydrogen (secondary N) is 1. The number of aromatic nitrogens is 1. The van der Waals surface area contributed by atoms with Crippen molar-refractivity contribution in [2.24, 2.45) is 10.9 Å². The number of esters is 1. The zero-order chi connectivity index (χ0) is 28.6. The Morgan fingerprint density at radius 1 is 1.35 bits per heavy atom. The molecule has 3 aliphatic rings. The van der Waals surface area contributed by atoms with Gasteiger partial charge in [0, 0.05) is 48.3 Å². The van der Waals surface area contributed by atoms with Gasteiger partial charge in [0.15, 0.2) is 10.8 Å². The van der Waals surface area contributed by atoms with Crippen LogP contribution >= 0.6 is 11.3 Å². The van der Waals surface area contributed by atoms with Crippen LogP contribution in [0.5, 0.6) is 0 Å². The molecule has 4 atom stereocenters. The van der Waals surface area contributed by atoms with Crippen molar-refractivity contribution in [3.05, 3.63) is 63.0 Å². The highest BCUT2D eigenvalue weighted by atomic mass is 32.1. The molecule has 40 heavy (non-hydrogen) atoms. The van der Waals surface area contributed by atoms with E-state index in [2.05, 4.69) is 16.2 Å². The Labute approximate surface area is 233 Å². The fraction of sp³-hybridized carbons (Fsp3) is 0.429. The maximum Gasteiger partial charge on any atom is 0.338 e. The second-order valence-electron chi connectivity index (χ2n) is 10.1. The Morgan fingerprint density at radius 2 is 2.15 bits per heavy atom. The van der Waals surface area contributed by atoms with E-state index in [1.54, 1.807) is 23.4 Å². The number of carbonyl (C=O) groups excluding carboxylic acids is 1. The third-order valence-electron chi connectivity index (χ3n) is 7.55. The number of aliphatic carboxylic acids is 1. The molecule has 2 unspecified atom stereocenters. The maximum atomic E-state index is 15.2. The first-order chi connectivity index (χ1) is 19.1. The van der Waals surface area contributed by atoms with Crippen LogP contribution in [0, 0.1) is 24.1 Å². The van der Waals surface area contributed by atoms with Gasteiger partial charge in [-0.3, -0.25) is 14.7 Å². The third kappa shape index (κ3) is 5.36. The fourth-order valence-corrected chi connectivity index (χ4v) is 6.55. The van der Waals surface area contributed by atoms with Crippen molar-refractivity contribution in [2.75, 3.05) is 13.2 Å². The molecule has 210 valence electrons. The highest BCUT2D eigenvalue weighted by molar-refractivity contribution is 7.11. The topological polar surface area (TPSA) is 104 Å². The van der Waals surface area contributed by atoms with Gasteiger partial charge < -0.3 is 15.2 Å². The summed E-state index contributed by atoms with van der Waals surface area (Å²) in [5.41, 5.74) is 0.964. The first-order valence-corrected chi connectivity index (χ1v) is 13.8. The molecule has 0 amide bonds. The van der Waals surface area contributed by atoms with E-state index in [4.69, 9.17) is 16.2 Å². The normalized spacial score (nSPS) is 25.6. The fourth-order valence-electron chi connectivity index (χ4n) is 5.96. The molecule has 2 bridgehead atoms. The van der Waals surface area contributed by atoms with Crippen LogP contribution in [0.4, 0.5) is 13.2 Å². The van der Waals surface area contributed by atoms with Gasteiger partial charge in [0.05, 0.1) is 18.2 Å². The Morgan fingerprint density at radius 3 is 2.80 bits per heavy atom. The summed E-state index contributed by atoms with van der Waals surface area (Å²) in [5, 5.41) is 14.7. The first-order valence-electron chi connectivity index (χ1n) is 12.9. The summed E-state index contributed by atoms with van der Waals surface area (Å²) in [6, 6.07) is 1.06. The molecular formula is C28H27F3N4O4S. The number of benzene rings is 1. The minimum absolute atomic E-state index is 0.0217. The third-order valence-corrected chi connectivity index (χ3v) is 8.33. The van der Waals surface area contributed by atoms with Gasteiger partial charge in [-0.15, -0.1) is 17.8 Å². The van der Waals surface area contributed by atoms with Gasteiger partial charge >= 0.3 is 11.9 Å². The van der Waals surface area contributed by atoms with Crippen LogP contribution in [0.1, 0.15) is 54.8 Å². The van der Waals surface area contributed by atoms with Crippen molar-refractivity contribution >= 4 is 29.1 Å². The summed E-state index contributed by atoms with van der Waals surface area (Å²) >= 11 is 1.29. The van der Waals surface area contributed by atoms with Gasteiger partial charge in [-0.1, -0.05) is 12.0 Å². The highest BCUT2D eigenvalue weighted by Crippen LogP contribution is 2.49. The molecular weight excluding hydrogens is 545 g/mol. The van der Waals surface area contributed by atoms with Crippen LogP contribution < -0.4 is 5.32 Å². The summed E-state index contributed by atoms with van der Waals surface area (Å²) in [6.45, 7) is 1.64. The number of thiazole rings is 1. The number of halogens is 3. The van der Waals surface area contributed by atoms with Crippen LogP contribution in [-0.2, 0) is 14.3 Å². The summed E-state index contributed by atoms with van der Waals surface area (Å²) in [6.07, 6.45) is 7.03. The lowest BCUT2D eigenvalue weighted by Gasteiger charge is -2.40. The number of hydrogen-bond acceptors (Lipinski definition) is 8. The average molecular weight is 573 g/mol. The number of amidine groups is 1. The molecule has 0 aliphatic carbocycles. The minimum Gasteiger partial charge on any atom is -0.481 e. The zero-order valence-electron chi connectivity index (χ0n) is 21.6. The molecule has 3 aliphatic heterocycles. The van der Waals surface area contributed by atoms with E-state index in [0.29, 0.717) is 28.5 Å². The van der Waals surface area contributed by atoms with Crippen molar-refractivity contribution in [1.82, 2.24) is 15.2 Å². The molecule has 1 aromatic heterocycles. The Hall–Kier alpha value is -3.69. The van der Waals surface area contributed by atoms with E-state index in [9.17, 15) is 19.1 Å². The minimum atomic E-state index is -3.02. The van der Waals surface area contributed by atoms with Crippen LogP contribution in [0.3, 0.4) is 0 Å². The quantitative estimate of drug-likeness (QED) is 0.362. The molecule has 2 fully saturated rings. The molecule has 12 heteroatoms. The number of fused-ring (bicyclic) bond motifs is 2. The van der Waals surface area contributed by atoms with Crippen molar-refractivity contribution in [3.63, 3.8) is 0 Å². The summed E-state index contributed by atoms with van der Waals surface area (Å²) in [4.78, 5) is 35.4. The van der Waals surface area contributed by atoms with Gasteiger partial charge in [-0.2, -0.15) is 0 Å². The zero-order valence-corrected chi connectivity index (χ0v) is 22.4. The number of ether oxygens (including phenoxy) is 1. The molecule has 5 rings (SSSR count). The number of aliphatic imine (C=N–C) groups is 1. The standard InChI is InChI=1S/C28H27F3N4O4S/c1-3-16-12-17(29)5-6-19(16)24-23(27(38)39-4-2)20(33-25(34-24)26-32-7-8-40-26)14-35-18-9-15(11-22(36)37)10-21(35)28(30,31)13-18/h1,5-8,12,15,18,21,24H,4,9-11,13-14H2,2H3,(H,33,34)(H,36,37)/t15?,18-,21+,24?/m1/s1. The van der Waals surface area contributed by atoms with Gasteiger partial charge in [0.1, 0.15) is 11.9 Å². The molecule has 1 aromatic carbocycles. The largest absolute Gasteiger partial charge is 0.481 e. The van der Waals surface area contributed by atoms with Gasteiger partial charge in [0.2, 0.25) is 0 Å². The summed E-state index contributed by atoms with van der Waals surface area (Å²) < 4.78 is 49.8. The molecule has 4 heterocycles. The predicted molar refractivity (Wildman–Crippen MR) is 141 cm³/mol. The number of piperidine rings is 1. The van der Waals surface area contributed by atoms with Crippen molar-refractivity contribution < 1.29 is 32.6 Å². The second-order valence-corrected chi connectivity index (χ2v) is 11.0. The smallest absolute Gasteiger partial charge is 0.338 e. The second kappa shape index (κ2) is 11.1. The average Bonchev–Trinajstić information content (AvgIpc) is 3.48. The SMILES string of the molecule is C#Cc1cc(F)ccc1C1N=C(c2nccs2)NC(CN2[C@@H]3CC(CC(=O)O)C[C@H]2C(F)(F)C3)=C1C(=O)OCC. The number of alkyl halides is 2. The van der Waals surface area contributed by atoms with Crippen LogP contribution in [-0.4, -0.2) is 63.9 Å². The van der Waals surface area contributed by atoms with E-state index >= 15 is 8.78 Å². The monoisotopic (exact) mass is 572 g/mol. The Bertz CT molecular complexity index is 1420. The van der Waals surface area contributed by atoms with Gasteiger partial charge in [-0.25, -0.2) is 22.9 Å². The first kappa shape index (κ1) is 27.9. The number of rotatable bonds is 8. The van der Waals surface area contributed by atoms with E-state index in [-0.39, 0.29) is 43.0 Å². The highest BCUT2D eigenvalue weighted by Gasteiger charge is 2.57.